The summed E-state index contributed by atoms with van der Waals surface area (Å²) in [6.07, 6.45) is 4.45. The quantitative estimate of drug-likeness (QED) is 0.675. The Morgan fingerprint density at radius 1 is 1.48 bits per heavy atom. The van der Waals surface area contributed by atoms with Gasteiger partial charge in [0.25, 0.3) is 0 Å². The molecule has 1 aliphatic rings. The Labute approximate surface area is 122 Å². The molecule has 6 heteroatoms. The van der Waals surface area contributed by atoms with Crippen molar-refractivity contribution < 1.29 is 9.53 Å². The number of hydrogen-bond donors (Lipinski definition) is 1. The molecule has 1 aliphatic heterocycles. The molecule has 1 aromatic carbocycles. The molecule has 3 rings (SSSR count). The molecule has 0 saturated carbocycles. The summed E-state index contributed by atoms with van der Waals surface area (Å²) in [5.41, 5.74) is 2.10. The molecular weight excluding hydrogens is 268 g/mol. The number of esters is 1. The maximum Gasteiger partial charge on any atom is 0.332 e. The highest BCUT2D eigenvalue weighted by molar-refractivity contribution is 5.85. The monoisotopic (exact) mass is 284 g/mol. The van der Waals surface area contributed by atoms with E-state index in [9.17, 15) is 4.79 Å². The van der Waals surface area contributed by atoms with Gasteiger partial charge in [0.1, 0.15) is 12.4 Å². The SMILES string of the molecule is Cc1cccc(-c2ncn(/C=C\C(=O)OC3CNC3)n2)c1. The van der Waals surface area contributed by atoms with E-state index >= 15 is 0 Å². The van der Waals surface area contributed by atoms with Gasteiger partial charge in [-0.3, -0.25) is 0 Å². The van der Waals surface area contributed by atoms with Gasteiger partial charge in [-0.25, -0.2) is 14.5 Å². The van der Waals surface area contributed by atoms with E-state index in [2.05, 4.69) is 15.4 Å². The molecule has 1 fully saturated rings. The third kappa shape index (κ3) is 3.35. The van der Waals surface area contributed by atoms with Gasteiger partial charge >= 0.3 is 5.97 Å². The molecule has 0 aliphatic carbocycles. The van der Waals surface area contributed by atoms with Crippen molar-refractivity contribution >= 4 is 12.2 Å². The number of carbonyl (C=O) groups excluding carboxylic acids is 1. The number of rotatable bonds is 4. The van der Waals surface area contributed by atoms with Gasteiger partial charge in [0.05, 0.1) is 0 Å². The molecule has 1 aromatic heterocycles. The van der Waals surface area contributed by atoms with E-state index in [1.807, 2.05) is 31.2 Å². The molecule has 1 saturated heterocycles. The average molecular weight is 284 g/mol. The zero-order valence-electron chi connectivity index (χ0n) is 11.7. The third-order valence-electron chi connectivity index (χ3n) is 3.17. The van der Waals surface area contributed by atoms with Crippen molar-refractivity contribution in [2.24, 2.45) is 0 Å². The van der Waals surface area contributed by atoms with Gasteiger partial charge in [-0.15, -0.1) is 5.10 Å². The Hall–Kier alpha value is -2.47. The van der Waals surface area contributed by atoms with E-state index in [4.69, 9.17) is 4.74 Å². The van der Waals surface area contributed by atoms with Gasteiger partial charge in [-0.05, 0) is 13.0 Å². The van der Waals surface area contributed by atoms with Crippen LogP contribution < -0.4 is 5.32 Å². The smallest absolute Gasteiger partial charge is 0.332 e. The molecule has 0 unspecified atom stereocenters. The van der Waals surface area contributed by atoms with Crippen LogP contribution in [0, 0.1) is 6.92 Å². The first-order chi connectivity index (χ1) is 10.2. The number of carbonyl (C=O) groups is 1. The Balaban J connectivity index is 1.65. The van der Waals surface area contributed by atoms with E-state index in [-0.39, 0.29) is 12.1 Å². The molecule has 0 bridgehead atoms. The van der Waals surface area contributed by atoms with Gasteiger partial charge in [-0.1, -0.05) is 23.8 Å². The minimum Gasteiger partial charge on any atom is -0.456 e. The number of benzene rings is 1. The Bertz CT molecular complexity index is 674. The number of aryl methyl sites for hydroxylation is 1. The molecule has 0 atom stereocenters. The fourth-order valence-corrected chi connectivity index (χ4v) is 1.95. The van der Waals surface area contributed by atoms with Gasteiger partial charge in [0.2, 0.25) is 0 Å². The summed E-state index contributed by atoms with van der Waals surface area (Å²) in [6.45, 7) is 3.46. The van der Waals surface area contributed by atoms with Crippen LogP contribution in [0.2, 0.25) is 0 Å². The first-order valence-electron chi connectivity index (χ1n) is 6.78. The highest BCUT2D eigenvalue weighted by Crippen LogP contribution is 2.15. The summed E-state index contributed by atoms with van der Waals surface area (Å²) >= 11 is 0. The van der Waals surface area contributed by atoms with Gasteiger partial charge < -0.3 is 10.1 Å². The van der Waals surface area contributed by atoms with Crippen molar-refractivity contribution in [3.05, 3.63) is 42.2 Å². The van der Waals surface area contributed by atoms with E-state index < -0.39 is 0 Å². The maximum atomic E-state index is 11.5. The van der Waals surface area contributed by atoms with Crippen molar-refractivity contribution in [2.75, 3.05) is 13.1 Å². The Kier molecular flexibility index (Phi) is 3.79. The van der Waals surface area contributed by atoms with Crippen molar-refractivity contribution in [1.29, 1.82) is 0 Å². The van der Waals surface area contributed by atoms with Crippen molar-refractivity contribution in [3.8, 4) is 11.4 Å². The summed E-state index contributed by atoms with van der Waals surface area (Å²) < 4.78 is 6.66. The average Bonchev–Trinajstić information content (AvgIpc) is 2.90. The standard InChI is InChI=1S/C15H16N4O2/c1-11-3-2-4-12(7-11)15-17-10-19(18-15)6-5-14(20)21-13-8-16-9-13/h2-7,10,13,16H,8-9H2,1H3/b6-5-. The minimum atomic E-state index is -0.367. The lowest BCUT2D eigenvalue weighted by molar-refractivity contribution is -0.145. The number of hydrogen-bond acceptors (Lipinski definition) is 5. The summed E-state index contributed by atoms with van der Waals surface area (Å²) in [5, 5.41) is 7.34. The van der Waals surface area contributed by atoms with Crippen LogP contribution in [0.15, 0.2) is 36.7 Å². The maximum absolute atomic E-state index is 11.5. The summed E-state index contributed by atoms with van der Waals surface area (Å²) in [6, 6.07) is 7.95. The summed E-state index contributed by atoms with van der Waals surface area (Å²) in [5.74, 6) is 0.258. The van der Waals surface area contributed by atoms with Crippen molar-refractivity contribution in [1.82, 2.24) is 20.1 Å². The molecule has 1 N–H and O–H groups in total. The number of ether oxygens (including phenoxy) is 1. The second-order valence-corrected chi connectivity index (χ2v) is 4.95. The Morgan fingerprint density at radius 2 is 2.33 bits per heavy atom. The zero-order chi connectivity index (χ0) is 14.7. The molecule has 21 heavy (non-hydrogen) atoms. The van der Waals surface area contributed by atoms with Crippen LogP contribution in [0.5, 0.6) is 0 Å². The minimum absolute atomic E-state index is 0.0132. The highest BCUT2D eigenvalue weighted by Gasteiger charge is 2.19. The van der Waals surface area contributed by atoms with E-state index in [0.29, 0.717) is 5.82 Å². The molecule has 0 spiro atoms. The summed E-state index contributed by atoms with van der Waals surface area (Å²) in [7, 11) is 0. The third-order valence-corrected chi connectivity index (χ3v) is 3.17. The molecule has 0 amide bonds. The number of aromatic nitrogens is 3. The lowest BCUT2D eigenvalue weighted by Crippen LogP contribution is -2.49. The Morgan fingerprint density at radius 3 is 3.05 bits per heavy atom. The van der Waals surface area contributed by atoms with Crippen LogP contribution in [-0.2, 0) is 9.53 Å². The highest BCUT2D eigenvalue weighted by atomic mass is 16.5. The van der Waals surface area contributed by atoms with Crippen LogP contribution in [0.25, 0.3) is 17.6 Å². The fraction of sp³-hybridized carbons (Fsp3) is 0.267. The van der Waals surface area contributed by atoms with E-state index in [1.165, 1.54) is 10.8 Å². The van der Waals surface area contributed by atoms with Gasteiger partial charge in [0.15, 0.2) is 5.82 Å². The zero-order valence-corrected chi connectivity index (χ0v) is 11.7. The lowest BCUT2D eigenvalue weighted by atomic mass is 10.1. The second-order valence-electron chi connectivity index (χ2n) is 4.95. The normalized spacial score (nSPS) is 15.1. The molecule has 2 heterocycles. The first kappa shape index (κ1) is 13.5. The molecular formula is C15H16N4O2. The molecule has 0 radical (unpaired) electrons. The van der Waals surface area contributed by atoms with Crippen LogP contribution in [-0.4, -0.2) is 39.9 Å². The first-order valence-corrected chi connectivity index (χ1v) is 6.78. The fourth-order valence-electron chi connectivity index (χ4n) is 1.95. The van der Waals surface area contributed by atoms with Crippen LogP contribution >= 0.6 is 0 Å². The lowest BCUT2D eigenvalue weighted by Gasteiger charge is -2.25. The van der Waals surface area contributed by atoms with E-state index in [0.717, 1.165) is 24.2 Å². The predicted octanol–water partition coefficient (Wildman–Crippen LogP) is 1.24. The predicted molar refractivity (Wildman–Crippen MR) is 78.3 cm³/mol. The van der Waals surface area contributed by atoms with Gasteiger partial charge in [0, 0.05) is 30.9 Å². The number of nitrogens with one attached hydrogen (secondary N) is 1. The molecule has 2 aromatic rings. The van der Waals surface area contributed by atoms with Crippen LogP contribution in [0.4, 0.5) is 0 Å². The summed E-state index contributed by atoms with van der Waals surface area (Å²) in [4.78, 5) is 15.8. The second kappa shape index (κ2) is 5.88. The molecule has 6 nitrogen and oxygen atoms in total. The van der Waals surface area contributed by atoms with Crippen LogP contribution in [0.3, 0.4) is 0 Å². The molecule has 108 valence electrons. The van der Waals surface area contributed by atoms with Crippen LogP contribution in [0.1, 0.15) is 5.56 Å². The topological polar surface area (TPSA) is 69.0 Å². The van der Waals surface area contributed by atoms with E-state index in [1.54, 1.807) is 12.5 Å². The van der Waals surface area contributed by atoms with Crippen molar-refractivity contribution in [2.45, 2.75) is 13.0 Å². The number of nitrogens with zero attached hydrogens (tertiary/aromatic N) is 3. The van der Waals surface area contributed by atoms with Crippen molar-refractivity contribution in [3.63, 3.8) is 0 Å². The van der Waals surface area contributed by atoms with Gasteiger partial charge in [-0.2, -0.15) is 0 Å². The largest absolute Gasteiger partial charge is 0.456 e.